The molecule has 0 saturated heterocycles. The zero-order chi connectivity index (χ0) is 20.6. The molecular weight excluding hydrogens is 378 g/mol. The number of hydrogen-bond donors (Lipinski definition) is 2. The van der Waals surface area contributed by atoms with Crippen molar-refractivity contribution in [1.29, 1.82) is 10.7 Å². The molecule has 0 bridgehead atoms. The molecule has 2 N–H and O–H groups in total. The van der Waals surface area contributed by atoms with E-state index in [1.807, 2.05) is 6.07 Å². The van der Waals surface area contributed by atoms with Gasteiger partial charge in [0, 0.05) is 56.1 Å². The summed E-state index contributed by atoms with van der Waals surface area (Å²) < 4.78 is 30.4. The highest BCUT2D eigenvalue weighted by molar-refractivity contribution is 6.07. The molecule has 4 rings (SSSR count). The van der Waals surface area contributed by atoms with E-state index >= 15 is 0 Å². The summed E-state index contributed by atoms with van der Waals surface area (Å²) in [5.74, 6) is -3.12. The van der Waals surface area contributed by atoms with Crippen molar-refractivity contribution in [3.63, 3.8) is 0 Å². The molecule has 0 aromatic carbocycles. The van der Waals surface area contributed by atoms with Gasteiger partial charge in [-0.1, -0.05) is 0 Å². The van der Waals surface area contributed by atoms with Crippen LogP contribution < -0.4 is 5.32 Å². The van der Waals surface area contributed by atoms with Gasteiger partial charge in [-0.05, 0) is 0 Å². The zero-order valence-corrected chi connectivity index (χ0v) is 15.5. The minimum absolute atomic E-state index is 0.0435. The van der Waals surface area contributed by atoms with Crippen molar-refractivity contribution in [2.75, 3.05) is 7.05 Å². The Balaban J connectivity index is 1.78. The van der Waals surface area contributed by atoms with Crippen molar-refractivity contribution in [2.24, 2.45) is 5.92 Å². The van der Waals surface area contributed by atoms with E-state index in [2.05, 4.69) is 20.4 Å². The van der Waals surface area contributed by atoms with Crippen LogP contribution in [0.5, 0.6) is 0 Å². The maximum Gasteiger partial charge on any atom is 0.253 e. The highest BCUT2D eigenvalue weighted by atomic mass is 19.3. The van der Waals surface area contributed by atoms with Gasteiger partial charge in [0.25, 0.3) is 5.92 Å². The first-order chi connectivity index (χ1) is 14.0. The molecule has 2 atom stereocenters. The van der Waals surface area contributed by atoms with Crippen molar-refractivity contribution in [3.8, 4) is 17.5 Å². The molecule has 0 unspecified atom stereocenters. The quantitative estimate of drug-likeness (QED) is 0.597. The maximum atomic E-state index is 13.6. The number of nitrogens with zero attached hydrogens (tertiary/aromatic N) is 6. The van der Waals surface area contributed by atoms with Crippen LogP contribution in [-0.2, 0) is 0 Å². The highest BCUT2D eigenvalue weighted by Gasteiger charge is 2.61. The molecule has 0 aliphatic heterocycles. The number of halogens is 2. The number of rotatable bonds is 7. The van der Waals surface area contributed by atoms with Crippen LogP contribution >= 0.6 is 0 Å². The van der Waals surface area contributed by atoms with Crippen LogP contribution in [-0.4, -0.2) is 43.3 Å². The van der Waals surface area contributed by atoms with Crippen molar-refractivity contribution in [2.45, 2.75) is 24.8 Å². The summed E-state index contributed by atoms with van der Waals surface area (Å²) in [5.41, 5.74) is 2.34. The molecule has 0 spiro atoms. The lowest BCUT2D eigenvalue weighted by molar-refractivity contribution is 0.0847. The van der Waals surface area contributed by atoms with E-state index in [9.17, 15) is 8.78 Å². The first-order valence-corrected chi connectivity index (χ1v) is 9.00. The number of hydrogen-bond acceptors (Lipinski definition) is 6. The summed E-state index contributed by atoms with van der Waals surface area (Å²) in [6.07, 6.45) is 9.11. The molecule has 3 aromatic heterocycles. The molecule has 148 valence electrons. The summed E-state index contributed by atoms with van der Waals surface area (Å²) in [7, 11) is 1.73. The summed E-state index contributed by atoms with van der Waals surface area (Å²) >= 11 is 0. The predicted molar refractivity (Wildman–Crippen MR) is 102 cm³/mol. The van der Waals surface area contributed by atoms with Crippen LogP contribution in [0.2, 0.25) is 0 Å². The van der Waals surface area contributed by atoms with Gasteiger partial charge >= 0.3 is 0 Å². The van der Waals surface area contributed by atoms with Crippen LogP contribution in [0.15, 0.2) is 37.1 Å². The predicted octanol–water partition coefficient (Wildman–Crippen LogP) is 2.91. The van der Waals surface area contributed by atoms with Crippen LogP contribution in [0.4, 0.5) is 8.78 Å². The van der Waals surface area contributed by atoms with E-state index in [0.717, 1.165) is 0 Å². The molecule has 1 saturated carbocycles. The maximum absolute atomic E-state index is 13.6. The van der Waals surface area contributed by atoms with Gasteiger partial charge in [-0.25, -0.2) is 18.7 Å². The molecule has 3 heterocycles. The first-order valence-electron chi connectivity index (χ1n) is 9.00. The molecule has 3 aromatic rings. The number of nitriles is 1. The van der Waals surface area contributed by atoms with Crippen molar-refractivity contribution < 1.29 is 8.78 Å². The number of allylic oxidation sites excluding steroid dienone is 1. The summed E-state index contributed by atoms with van der Waals surface area (Å²) in [6.45, 7) is 0. The minimum atomic E-state index is -2.75. The Bertz CT molecular complexity index is 1140. The Kier molecular flexibility index (Phi) is 4.58. The standard InChI is InChI=1S/C19H18F2N8/c1-24-9-12(8-23)15-6-17-25-4-5-28(17)18(27-15)13-10-26-29(11-13)16(2-3-22)14-7-19(14,20)21/h4-6,8-11,14,16,23-24H,2,7H2,1H3/b12-9+,23-8?/t14-,16-/m0/s1. The van der Waals surface area contributed by atoms with Gasteiger partial charge in [0.05, 0.1) is 41.9 Å². The van der Waals surface area contributed by atoms with Gasteiger partial charge in [-0.15, -0.1) is 0 Å². The van der Waals surface area contributed by atoms with E-state index in [-0.39, 0.29) is 12.8 Å². The second-order valence-electron chi connectivity index (χ2n) is 6.86. The molecule has 1 aliphatic carbocycles. The van der Waals surface area contributed by atoms with Gasteiger partial charge in [-0.3, -0.25) is 9.08 Å². The van der Waals surface area contributed by atoms with E-state index in [0.29, 0.717) is 28.3 Å². The van der Waals surface area contributed by atoms with E-state index in [1.54, 1.807) is 48.5 Å². The second-order valence-corrected chi connectivity index (χ2v) is 6.86. The third-order valence-electron chi connectivity index (χ3n) is 4.98. The van der Waals surface area contributed by atoms with Crippen molar-refractivity contribution in [3.05, 3.63) is 42.7 Å². The fourth-order valence-corrected chi connectivity index (χ4v) is 3.42. The summed E-state index contributed by atoms with van der Waals surface area (Å²) in [4.78, 5) is 8.94. The molecule has 10 heteroatoms. The van der Waals surface area contributed by atoms with Crippen LogP contribution in [0.1, 0.15) is 24.6 Å². The normalized spacial score (nSPS) is 19.0. The van der Waals surface area contributed by atoms with Gasteiger partial charge in [0.2, 0.25) is 0 Å². The van der Waals surface area contributed by atoms with E-state index in [4.69, 9.17) is 10.7 Å². The van der Waals surface area contributed by atoms with Crippen LogP contribution in [0.3, 0.4) is 0 Å². The summed E-state index contributed by atoms with van der Waals surface area (Å²) in [5, 5.41) is 23.8. The Labute approximate surface area is 165 Å². The van der Waals surface area contributed by atoms with E-state index < -0.39 is 17.9 Å². The molecule has 0 amide bonds. The van der Waals surface area contributed by atoms with Gasteiger partial charge < -0.3 is 10.7 Å². The summed E-state index contributed by atoms with van der Waals surface area (Å²) in [6, 6.07) is 3.05. The Morgan fingerprint density at radius 2 is 2.34 bits per heavy atom. The third-order valence-corrected chi connectivity index (χ3v) is 4.98. The fraction of sp³-hybridized carbons (Fsp3) is 0.316. The minimum Gasteiger partial charge on any atom is -0.393 e. The lowest BCUT2D eigenvalue weighted by Crippen LogP contribution is -2.15. The van der Waals surface area contributed by atoms with Crippen molar-refractivity contribution in [1.82, 2.24) is 29.5 Å². The largest absolute Gasteiger partial charge is 0.393 e. The van der Waals surface area contributed by atoms with Gasteiger partial charge in [0.15, 0.2) is 0 Å². The molecule has 1 fully saturated rings. The SMILES string of the molecule is CN/C=C(\C=N)c1cc2nccn2c(-c2cnn([C@@H](CC#N)[C@@H]3CC3(F)F)c2)n1. The number of nitrogens with one attached hydrogen (secondary N) is 2. The smallest absolute Gasteiger partial charge is 0.253 e. The first kappa shape index (κ1) is 18.7. The van der Waals surface area contributed by atoms with E-state index in [1.165, 1.54) is 10.9 Å². The van der Waals surface area contributed by atoms with Gasteiger partial charge in [-0.2, -0.15) is 10.4 Å². The second kappa shape index (κ2) is 7.09. The monoisotopic (exact) mass is 396 g/mol. The number of imidazole rings is 1. The lowest BCUT2D eigenvalue weighted by Gasteiger charge is -2.13. The fourth-order valence-electron chi connectivity index (χ4n) is 3.42. The molecular formula is C19H18F2N8. The average Bonchev–Trinajstić information content (AvgIpc) is 3.12. The third kappa shape index (κ3) is 3.35. The molecule has 0 radical (unpaired) electrons. The molecule has 1 aliphatic rings. The lowest BCUT2D eigenvalue weighted by atomic mass is 10.1. The number of alkyl halides is 2. The topological polar surface area (TPSA) is 108 Å². The molecule has 29 heavy (non-hydrogen) atoms. The Hall–Kier alpha value is -3.61. The zero-order valence-electron chi connectivity index (χ0n) is 15.5. The number of fused-ring (bicyclic) bond motifs is 1. The average molecular weight is 396 g/mol. The number of aromatic nitrogens is 5. The molecule has 8 nitrogen and oxygen atoms in total. The Morgan fingerprint density at radius 1 is 1.55 bits per heavy atom. The van der Waals surface area contributed by atoms with Crippen molar-refractivity contribution >= 4 is 17.4 Å². The highest BCUT2D eigenvalue weighted by Crippen LogP contribution is 2.55. The van der Waals surface area contributed by atoms with Crippen LogP contribution in [0, 0.1) is 22.7 Å². The Morgan fingerprint density at radius 3 is 3.00 bits per heavy atom. The van der Waals surface area contributed by atoms with Gasteiger partial charge in [0.1, 0.15) is 11.5 Å². The van der Waals surface area contributed by atoms with Crippen LogP contribution in [0.25, 0.3) is 22.6 Å².